The molecule has 0 bridgehead atoms. The Morgan fingerprint density at radius 2 is 1.84 bits per heavy atom. The Hall–Kier alpha value is -2.40. The maximum absolute atomic E-state index is 13.0. The first-order valence-electron chi connectivity index (χ1n) is 8.42. The van der Waals surface area contributed by atoms with Crippen molar-refractivity contribution in [3.8, 4) is 5.88 Å². The molecule has 0 spiro atoms. The van der Waals surface area contributed by atoms with E-state index in [1.807, 2.05) is 6.07 Å². The average Bonchev–Trinajstić information content (AvgIpc) is 2.87. The molecule has 1 aromatic carbocycles. The van der Waals surface area contributed by atoms with Crippen LogP contribution in [-0.2, 0) is 17.7 Å². The van der Waals surface area contributed by atoms with Gasteiger partial charge in [-0.2, -0.15) is 0 Å². The lowest BCUT2D eigenvalue weighted by atomic mass is 10.1. The molecule has 2 aromatic heterocycles. The maximum atomic E-state index is 13.0. The second-order valence-corrected chi connectivity index (χ2v) is 6.09. The highest BCUT2D eigenvalue weighted by Gasteiger charge is 2.16. The van der Waals surface area contributed by atoms with E-state index in [2.05, 4.69) is 23.4 Å². The fraction of sp³-hybridized carbons (Fsp3) is 0.350. The molecule has 0 unspecified atom stereocenters. The molecule has 0 fully saturated rings. The van der Waals surface area contributed by atoms with Crippen molar-refractivity contribution in [2.45, 2.75) is 26.8 Å². The van der Waals surface area contributed by atoms with Crippen LogP contribution in [0.25, 0.3) is 10.9 Å². The Bertz CT molecular complexity index is 856. The van der Waals surface area contributed by atoms with E-state index in [0.717, 1.165) is 23.0 Å². The standard InChI is InChI=1S/C20H23FN2O2/c1-14-15(2)23(11-13-24-3)19-18(14)8-10-22-20(19)25-12-9-16-4-6-17(21)7-5-16/h4-8,10H,9,11-13H2,1-3H3. The Kier molecular flexibility index (Phi) is 5.34. The third kappa shape index (κ3) is 3.66. The summed E-state index contributed by atoms with van der Waals surface area (Å²) in [7, 11) is 1.70. The summed E-state index contributed by atoms with van der Waals surface area (Å²) in [6.45, 7) is 6.10. The molecule has 0 amide bonds. The number of benzene rings is 1. The van der Waals surface area contributed by atoms with E-state index in [0.29, 0.717) is 25.5 Å². The van der Waals surface area contributed by atoms with Gasteiger partial charge in [-0.15, -0.1) is 0 Å². The summed E-state index contributed by atoms with van der Waals surface area (Å²) in [4.78, 5) is 4.43. The Morgan fingerprint density at radius 1 is 1.08 bits per heavy atom. The molecule has 0 saturated carbocycles. The monoisotopic (exact) mass is 342 g/mol. The smallest absolute Gasteiger partial charge is 0.238 e. The Morgan fingerprint density at radius 3 is 2.56 bits per heavy atom. The molecule has 0 N–H and O–H groups in total. The predicted molar refractivity (Wildman–Crippen MR) is 96.7 cm³/mol. The van der Waals surface area contributed by atoms with Crippen LogP contribution in [0.2, 0.25) is 0 Å². The van der Waals surface area contributed by atoms with Gasteiger partial charge in [-0.25, -0.2) is 9.37 Å². The van der Waals surface area contributed by atoms with Crippen LogP contribution in [0, 0.1) is 19.7 Å². The number of aryl methyl sites for hydroxylation is 1. The van der Waals surface area contributed by atoms with Crippen molar-refractivity contribution in [3.63, 3.8) is 0 Å². The minimum Gasteiger partial charge on any atom is -0.476 e. The summed E-state index contributed by atoms with van der Waals surface area (Å²) in [5.74, 6) is 0.407. The van der Waals surface area contributed by atoms with Gasteiger partial charge in [0.1, 0.15) is 11.3 Å². The van der Waals surface area contributed by atoms with Crippen molar-refractivity contribution in [2.75, 3.05) is 20.3 Å². The van der Waals surface area contributed by atoms with Crippen LogP contribution < -0.4 is 4.74 Å². The van der Waals surface area contributed by atoms with Crippen LogP contribution >= 0.6 is 0 Å². The number of rotatable bonds is 7. The topological polar surface area (TPSA) is 36.3 Å². The summed E-state index contributed by atoms with van der Waals surface area (Å²) in [6.07, 6.45) is 2.48. The van der Waals surface area contributed by atoms with Gasteiger partial charge in [0.15, 0.2) is 0 Å². The number of fused-ring (bicyclic) bond motifs is 1. The van der Waals surface area contributed by atoms with Crippen LogP contribution in [0.4, 0.5) is 4.39 Å². The molecule has 25 heavy (non-hydrogen) atoms. The molecule has 3 rings (SSSR count). The fourth-order valence-corrected chi connectivity index (χ4v) is 3.05. The highest BCUT2D eigenvalue weighted by Crippen LogP contribution is 2.30. The molecule has 0 radical (unpaired) electrons. The Labute approximate surface area is 147 Å². The highest BCUT2D eigenvalue weighted by atomic mass is 19.1. The van der Waals surface area contributed by atoms with Gasteiger partial charge < -0.3 is 14.0 Å². The van der Waals surface area contributed by atoms with Gasteiger partial charge in [-0.3, -0.25) is 0 Å². The van der Waals surface area contributed by atoms with Crippen LogP contribution in [0.3, 0.4) is 0 Å². The first kappa shape index (κ1) is 17.4. The van der Waals surface area contributed by atoms with Crippen molar-refractivity contribution >= 4 is 10.9 Å². The van der Waals surface area contributed by atoms with Crippen LogP contribution in [0.15, 0.2) is 36.5 Å². The largest absolute Gasteiger partial charge is 0.476 e. The summed E-state index contributed by atoms with van der Waals surface area (Å²) in [5.41, 5.74) is 4.48. The average molecular weight is 342 g/mol. The fourth-order valence-electron chi connectivity index (χ4n) is 3.05. The lowest BCUT2D eigenvalue weighted by Crippen LogP contribution is -2.08. The molecule has 0 saturated heterocycles. The minimum absolute atomic E-state index is 0.224. The van der Waals surface area contributed by atoms with Gasteiger partial charge >= 0.3 is 0 Å². The van der Waals surface area contributed by atoms with Crippen molar-refractivity contribution < 1.29 is 13.9 Å². The molecule has 3 aromatic rings. The highest BCUT2D eigenvalue weighted by molar-refractivity contribution is 5.88. The molecule has 0 atom stereocenters. The molecular formula is C20H23FN2O2. The normalized spacial score (nSPS) is 11.2. The summed E-state index contributed by atoms with van der Waals surface area (Å²) in [5, 5.41) is 1.15. The van der Waals surface area contributed by atoms with Crippen molar-refractivity contribution in [1.82, 2.24) is 9.55 Å². The van der Waals surface area contributed by atoms with E-state index < -0.39 is 0 Å². The van der Waals surface area contributed by atoms with Crippen molar-refractivity contribution in [2.24, 2.45) is 0 Å². The van der Waals surface area contributed by atoms with Gasteiger partial charge in [0, 0.05) is 37.4 Å². The molecular weight excluding hydrogens is 319 g/mol. The molecule has 2 heterocycles. The van der Waals surface area contributed by atoms with Gasteiger partial charge in [0.2, 0.25) is 5.88 Å². The number of halogens is 1. The minimum atomic E-state index is -0.224. The van der Waals surface area contributed by atoms with Crippen LogP contribution in [-0.4, -0.2) is 29.9 Å². The summed E-state index contributed by atoms with van der Waals surface area (Å²) < 4.78 is 26.4. The van der Waals surface area contributed by atoms with E-state index >= 15 is 0 Å². The summed E-state index contributed by atoms with van der Waals surface area (Å²) in [6, 6.07) is 8.52. The van der Waals surface area contributed by atoms with Gasteiger partial charge in [-0.1, -0.05) is 12.1 Å². The second kappa shape index (κ2) is 7.66. The molecule has 0 aliphatic rings. The van der Waals surface area contributed by atoms with Crippen LogP contribution in [0.1, 0.15) is 16.8 Å². The zero-order valence-corrected chi connectivity index (χ0v) is 14.9. The third-order valence-electron chi connectivity index (χ3n) is 4.57. The predicted octanol–water partition coefficient (Wildman–Crippen LogP) is 4.06. The SMILES string of the molecule is COCCn1c(C)c(C)c2ccnc(OCCc3ccc(F)cc3)c21. The van der Waals surface area contributed by atoms with Gasteiger partial charge in [0.05, 0.1) is 13.2 Å². The van der Waals surface area contributed by atoms with E-state index in [-0.39, 0.29) is 5.82 Å². The zero-order chi connectivity index (χ0) is 17.8. The third-order valence-corrected chi connectivity index (χ3v) is 4.57. The van der Waals surface area contributed by atoms with E-state index in [9.17, 15) is 4.39 Å². The number of nitrogens with zero attached hydrogens (tertiary/aromatic N) is 2. The maximum Gasteiger partial charge on any atom is 0.238 e. The number of aromatic nitrogens is 2. The number of pyridine rings is 1. The number of methoxy groups -OCH3 is 1. The first-order valence-corrected chi connectivity index (χ1v) is 8.42. The second-order valence-electron chi connectivity index (χ2n) is 6.09. The lowest BCUT2D eigenvalue weighted by Gasteiger charge is -2.11. The van der Waals surface area contributed by atoms with Gasteiger partial charge in [0.25, 0.3) is 0 Å². The van der Waals surface area contributed by atoms with E-state index in [1.54, 1.807) is 25.4 Å². The lowest BCUT2D eigenvalue weighted by molar-refractivity contribution is 0.187. The summed E-state index contributed by atoms with van der Waals surface area (Å²) >= 11 is 0. The number of hydrogen-bond donors (Lipinski definition) is 0. The molecule has 0 aliphatic carbocycles. The van der Waals surface area contributed by atoms with Crippen molar-refractivity contribution in [1.29, 1.82) is 0 Å². The van der Waals surface area contributed by atoms with E-state index in [1.165, 1.54) is 23.4 Å². The quantitative estimate of drug-likeness (QED) is 0.650. The molecule has 0 aliphatic heterocycles. The Balaban J connectivity index is 1.83. The zero-order valence-electron chi connectivity index (χ0n) is 14.9. The molecule has 5 heteroatoms. The van der Waals surface area contributed by atoms with E-state index in [4.69, 9.17) is 9.47 Å². The van der Waals surface area contributed by atoms with Crippen LogP contribution in [0.5, 0.6) is 5.88 Å². The molecule has 132 valence electrons. The number of hydrogen-bond acceptors (Lipinski definition) is 3. The van der Waals surface area contributed by atoms with Crippen molar-refractivity contribution in [3.05, 3.63) is 59.2 Å². The number of ether oxygens (including phenoxy) is 2. The molecule has 4 nitrogen and oxygen atoms in total. The first-order chi connectivity index (χ1) is 12.1. The van der Waals surface area contributed by atoms with Gasteiger partial charge in [-0.05, 0) is 43.2 Å².